The van der Waals surface area contributed by atoms with Crippen molar-refractivity contribution in [1.82, 2.24) is 25.4 Å². The number of aryl methyl sites for hydroxylation is 1. The smallest absolute Gasteiger partial charge is 0.201 e. The molecule has 0 aliphatic carbocycles. The molecule has 4 aromatic rings. The third-order valence-corrected chi connectivity index (χ3v) is 3.66. The Hall–Kier alpha value is -3.02. The lowest BCUT2D eigenvalue weighted by molar-refractivity contribution is 0.419. The first kappa shape index (κ1) is 12.7. The molecule has 22 heavy (non-hydrogen) atoms. The summed E-state index contributed by atoms with van der Waals surface area (Å²) in [5.41, 5.74) is 5.16. The molecule has 6 heteroatoms. The number of hydrogen-bond acceptors (Lipinski definition) is 5. The zero-order valence-electron chi connectivity index (χ0n) is 12.2. The van der Waals surface area contributed by atoms with Crippen LogP contribution in [0.25, 0.3) is 33.2 Å². The number of benzene rings is 1. The van der Waals surface area contributed by atoms with Gasteiger partial charge in [0, 0.05) is 22.8 Å². The van der Waals surface area contributed by atoms with Gasteiger partial charge in [-0.1, -0.05) is 6.07 Å². The molecule has 0 amide bonds. The fourth-order valence-corrected chi connectivity index (χ4v) is 2.59. The van der Waals surface area contributed by atoms with Crippen LogP contribution in [0.15, 0.2) is 36.5 Å². The molecule has 0 radical (unpaired) electrons. The Balaban J connectivity index is 2.01. The third kappa shape index (κ3) is 1.88. The molecule has 3 heterocycles. The van der Waals surface area contributed by atoms with Crippen molar-refractivity contribution in [2.45, 2.75) is 6.92 Å². The van der Waals surface area contributed by atoms with E-state index in [0.29, 0.717) is 5.65 Å². The minimum atomic E-state index is 0.607. The highest BCUT2D eigenvalue weighted by atomic mass is 16.5. The standard InChI is InChI=1S/C16H13N5O/c1-9-3-4-12-11(5-6-14(22-2)15(12)18-9)10-7-13-16(17-8-10)20-21-19-13/h3-8H,1-2H3,(H,17,19,20,21). The first-order valence-corrected chi connectivity index (χ1v) is 6.87. The van der Waals surface area contributed by atoms with Gasteiger partial charge in [-0.25, -0.2) is 9.97 Å². The van der Waals surface area contributed by atoms with E-state index in [9.17, 15) is 0 Å². The summed E-state index contributed by atoms with van der Waals surface area (Å²) in [5, 5.41) is 11.7. The predicted molar refractivity (Wildman–Crippen MR) is 83.7 cm³/mol. The number of hydrogen-bond donors (Lipinski definition) is 1. The lowest BCUT2D eigenvalue weighted by Crippen LogP contribution is -1.92. The van der Waals surface area contributed by atoms with Crippen molar-refractivity contribution in [3.63, 3.8) is 0 Å². The Labute approximate surface area is 126 Å². The van der Waals surface area contributed by atoms with Crippen LogP contribution < -0.4 is 4.74 Å². The van der Waals surface area contributed by atoms with Gasteiger partial charge in [-0.2, -0.15) is 10.3 Å². The van der Waals surface area contributed by atoms with Crippen molar-refractivity contribution >= 4 is 22.1 Å². The van der Waals surface area contributed by atoms with E-state index in [-0.39, 0.29) is 0 Å². The molecule has 1 aromatic carbocycles. The van der Waals surface area contributed by atoms with E-state index in [4.69, 9.17) is 4.74 Å². The van der Waals surface area contributed by atoms with Gasteiger partial charge in [0.15, 0.2) is 0 Å². The van der Waals surface area contributed by atoms with E-state index in [0.717, 1.165) is 39.0 Å². The quantitative estimate of drug-likeness (QED) is 0.614. The van der Waals surface area contributed by atoms with Gasteiger partial charge in [-0.05, 0) is 36.8 Å². The Morgan fingerprint density at radius 2 is 2.00 bits per heavy atom. The number of aromatic nitrogens is 5. The summed E-state index contributed by atoms with van der Waals surface area (Å²) in [6, 6.07) is 9.96. The van der Waals surface area contributed by atoms with Crippen molar-refractivity contribution < 1.29 is 4.74 Å². The molecule has 1 N–H and O–H groups in total. The summed E-state index contributed by atoms with van der Waals surface area (Å²) in [6.45, 7) is 1.97. The van der Waals surface area contributed by atoms with Crippen LogP contribution in [0.4, 0.5) is 0 Å². The number of aromatic amines is 1. The van der Waals surface area contributed by atoms with Crippen LogP contribution in [0.5, 0.6) is 5.75 Å². The number of H-pyrrole nitrogens is 1. The lowest BCUT2D eigenvalue weighted by atomic mass is 10.0. The summed E-state index contributed by atoms with van der Waals surface area (Å²) in [5.74, 6) is 0.762. The van der Waals surface area contributed by atoms with E-state index >= 15 is 0 Å². The second-order valence-electron chi connectivity index (χ2n) is 5.05. The average Bonchev–Trinajstić information content (AvgIpc) is 3.01. The second-order valence-corrected chi connectivity index (χ2v) is 5.05. The second kappa shape index (κ2) is 4.77. The van der Waals surface area contributed by atoms with Gasteiger partial charge in [0.05, 0.1) is 7.11 Å². The molecule has 0 spiro atoms. The maximum absolute atomic E-state index is 5.43. The predicted octanol–water partition coefficient (Wildman–Crippen LogP) is 2.89. The maximum Gasteiger partial charge on any atom is 0.201 e. The number of methoxy groups -OCH3 is 1. The molecule has 0 aliphatic heterocycles. The molecule has 3 aromatic heterocycles. The van der Waals surface area contributed by atoms with Crippen LogP contribution >= 0.6 is 0 Å². The van der Waals surface area contributed by atoms with Crippen molar-refractivity contribution in [2.24, 2.45) is 0 Å². The highest BCUT2D eigenvalue weighted by molar-refractivity contribution is 5.98. The summed E-state index contributed by atoms with van der Waals surface area (Å²) in [6.07, 6.45) is 1.80. The van der Waals surface area contributed by atoms with Crippen LogP contribution in [0.1, 0.15) is 5.69 Å². The van der Waals surface area contributed by atoms with Gasteiger partial charge < -0.3 is 4.74 Å². The van der Waals surface area contributed by atoms with Crippen molar-refractivity contribution in [1.29, 1.82) is 0 Å². The number of ether oxygens (including phenoxy) is 1. The average molecular weight is 291 g/mol. The first-order valence-electron chi connectivity index (χ1n) is 6.87. The van der Waals surface area contributed by atoms with Gasteiger partial charge in [0.25, 0.3) is 0 Å². The summed E-state index contributed by atoms with van der Waals surface area (Å²) in [7, 11) is 1.65. The number of fused-ring (bicyclic) bond motifs is 2. The molecule has 108 valence electrons. The molecule has 0 saturated carbocycles. The lowest BCUT2D eigenvalue weighted by Gasteiger charge is -2.10. The summed E-state index contributed by atoms with van der Waals surface area (Å²) in [4.78, 5) is 8.93. The molecule has 6 nitrogen and oxygen atoms in total. The monoisotopic (exact) mass is 291 g/mol. The van der Waals surface area contributed by atoms with Gasteiger partial charge in [0.2, 0.25) is 5.65 Å². The Bertz CT molecular complexity index is 992. The first-order chi connectivity index (χ1) is 10.8. The summed E-state index contributed by atoms with van der Waals surface area (Å²) >= 11 is 0. The van der Waals surface area contributed by atoms with Crippen molar-refractivity contribution in [3.05, 3.63) is 42.2 Å². The fourth-order valence-electron chi connectivity index (χ4n) is 2.59. The number of pyridine rings is 2. The molecule has 0 atom stereocenters. The zero-order chi connectivity index (χ0) is 15.1. The van der Waals surface area contributed by atoms with Crippen molar-refractivity contribution in [2.75, 3.05) is 7.11 Å². The fraction of sp³-hybridized carbons (Fsp3) is 0.125. The number of nitrogens with zero attached hydrogens (tertiary/aromatic N) is 4. The van der Waals surface area contributed by atoms with Gasteiger partial charge in [-0.3, -0.25) is 0 Å². The molecular formula is C16H13N5O. The Morgan fingerprint density at radius 1 is 1.09 bits per heavy atom. The normalized spacial score (nSPS) is 11.2. The van der Waals surface area contributed by atoms with E-state index in [2.05, 4.69) is 31.4 Å². The Morgan fingerprint density at radius 3 is 2.86 bits per heavy atom. The van der Waals surface area contributed by atoms with E-state index in [1.807, 2.05) is 31.2 Å². The van der Waals surface area contributed by atoms with E-state index in [1.165, 1.54) is 0 Å². The molecule has 0 bridgehead atoms. The zero-order valence-corrected chi connectivity index (χ0v) is 12.2. The topological polar surface area (TPSA) is 76.6 Å². The Kier molecular flexibility index (Phi) is 2.75. The van der Waals surface area contributed by atoms with Crippen LogP contribution in [-0.4, -0.2) is 32.5 Å². The third-order valence-electron chi connectivity index (χ3n) is 3.66. The SMILES string of the molecule is COc1ccc(-c2cnc3n[nH]nc3c2)c2ccc(C)nc12. The minimum Gasteiger partial charge on any atom is -0.494 e. The maximum atomic E-state index is 5.43. The van der Waals surface area contributed by atoms with Crippen LogP contribution in [-0.2, 0) is 0 Å². The van der Waals surface area contributed by atoms with E-state index < -0.39 is 0 Å². The highest BCUT2D eigenvalue weighted by Gasteiger charge is 2.11. The molecular weight excluding hydrogens is 278 g/mol. The minimum absolute atomic E-state index is 0.607. The largest absolute Gasteiger partial charge is 0.494 e. The van der Waals surface area contributed by atoms with Gasteiger partial charge in [0.1, 0.15) is 16.8 Å². The van der Waals surface area contributed by atoms with Gasteiger partial charge >= 0.3 is 0 Å². The molecule has 4 rings (SSSR count). The summed E-state index contributed by atoms with van der Waals surface area (Å²) < 4.78 is 5.43. The molecule has 0 saturated heterocycles. The number of rotatable bonds is 2. The van der Waals surface area contributed by atoms with E-state index in [1.54, 1.807) is 13.3 Å². The highest BCUT2D eigenvalue weighted by Crippen LogP contribution is 2.33. The molecule has 0 unspecified atom stereocenters. The van der Waals surface area contributed by atoms with Crippen LogP contribution in [0.3, 0.4) is 0 Å². The molecule has 0 fully saturated rings. The van der Waals surface area contributed by atoms with Crippen molar-refractivity contribution in [3.8, 4) is 16.9 Å². The van der Waals surface area contributed by atoms with Crippen LogP contribution in [0, 0.1) is 6.92 Å². The van der Waals surface area contributed by atoms with Gasteiger partial charge in [-0.15, -0.1) is 5.10 Å². The molecule has 0 aliphatic rings. The van der Waals surface area contributed by atoms with Crippen LogP contribution in [0.2, 0.25) is 0 Å². The number of nitrogens with one attached hydrogen (secondary N) is 1.